The molecule has 0 bridgehead atoms. The van der Waals surface area contributed by atoms with E-state index in [2.05, 4.69) is 46.4 Å². The molecule has 1 nitrogen and oxygen atoms in total. The fraction of sp³-hybridized carbons (Fsp3) is 0.333. The minimum absolute atomic E-state index is 0.0889. The standard InChI is InChI=1S/C18H19BrFN/c1-2-21-18(16-9-8-15(19)11-17(16)20)14-7-6-12-4-3-5-13(12)10-14/h6-11,18,21H,2-5H2,1H3. The molecule has 0 amide bonds. The van der Waals surface area contributed by atoms with Crippen molar-refractivity contribution >= 4 is 15.9 Å². The van der Waals surface area contributed by atoms with Crippen LogP contribution in [-0.4, -0.2) is 6.54 Å². The Morgan fingerprint density at radius 2 is 1.95 bits per heavy atom. The van der Waals surface area contributed by atoms with Crippen molar-refractivity contribution in [2.75, 3.05) is 6.54 Å². The SMILES string of the molecule is CCNC(c1ccc2c(c1)CCC2)c1ccc(Br)cc1F. The number of rotatable bonds is 4. The van der Waals surface area contributed by atoms with Gasteiger partial charge in [0.1, 0.15) is 5.82 Å². The average Bonchev–Trinajstić information content (AvgIpc) is 2.93. The summed E-state index contributed by atoms with van der Waals surface area (Å²) in [5, 5.41) is 3.41. The minimum atomic E-state index is -0.171. The molecule has 21 heavy (non-hydrogen) atoms. The first kappa shape index (κ1) is 14.7. The lowest BCUT2D eigenvalue weighted by Crippen LogP contribution is -2.23. The summed E-state index contributed by atoms with van der Waals surface area (Å²) >= 11 is 3.32. The predicted octanol–water partition coefficient (Wildman–Crippen LogP) is 4.78. The van der Waals surface area contributed by atoms with E-state index >= 15 is 0 Å². The first-order valence-corrected chi connectivity index (χ1v) is 8.28. The fourth-order valence-electron chi connectivity index (χ4n) is 3.12. The van der Waals surface area contributed by atoms with Gasteiger partial charge in [-0.2, -0.15) is 0 Å². The lowest BCUT2D eigenvalue weighted by Gasteiger charge is -2.20. The normalized spacial score (nSPS) is 15.0. The van der Waals surface area contributed by atoms with Gasteiger partial charge in [-0.3, -0.25) is 0 Å². The average molecular weight is 348 g/mol. The van der Waals surface area contributed by atoms with Crippen LogP contribution < -0.4 is 5.32 Å². The smallest absolute Gasteiger partial charge is 0.129 e. The van der Waals surface area contributed by atoms with Crippen LogP contribution in [-0.2, 0) is 12.8 Å². The summed E-state index contributed by atoms with van der Waals surface area (Å²) in [6.07, 6.45) is 3.55. The molecule has 2 aromatic rings. The van der Waals surface area contributed by atoms with Crippen LogP contribution >= 0.6 is 15.9 Å². The Bertz CT molecular complexity index is 654. The molecule has 1 unspecified atom stereocenters. The van der Waals surface area contributed by atoms with E-state index in [1.807, 2.05) is 12.1 Å². The molecule has 1 aliphatic rings. The molecule has 110 valence electrons. The molecule has 0 heterocycles. The number of halogens is 2. The Hall–Kier alpha value is -1.19. The van der Waals surface area contributed by atoms with Crippen LogP contribution in [0.1, 0.15) is 41.6 Å². The molecule has 1 atom stereocenters. The fourth-order valence-corrected chi connectivity index (χ4v) is 3.45. The largest absolute Gasteiger partial charge is 0.306 e. The Labute approximate surface area is 133 Å². The van der Waals surface area contributed by atoms with Gasteiger partial charge in [0.25, 0.3) is 0 Å². The van der Waals surface area contributed by atoms with E-state index in [1.165, 1.54) is 30.0 Å². The van der Waals surface area contributed by atoms with Gasteiger partial charge in [-0.1, -0.05) is 47.1 Å². The third-order valence-electron chi connectivity index (χ3n) is 4.14. The van der Waals surface area contributed by atoms with Crippen LogP contribution in [0.2, 0.25) is 0 Å². The number of hydrogen-bond donors (Lipinski definition) is 1. The second-order valence-electron chi connectivity index (χ2n) is 5.54. The monoisotopic (exact) mass is 347 g/mol. The molecule has 0 aromatic heterocycles. The highest BCUT2D eigenvalue weighted by Crippen LogP contribution is 2.30. The summed E-state index contributed by atoms with van der Waals surface area (Å²) in [6.45, 7) is 2.86. The Balaban J connectivity index is 2.01. The summed E-state index contributed by atoms with van der Waals surface area (Å²) in [5.41, 5.74) is 4.73. The van der Waals surface area contributed by atoms with Gasteiger partial charge in [0.15, 0.2) is 0 Å². The summed E-state index contributed by atoms with van der Waals surface area (Å²) in [6, 6.07) is 11.8. The number of benzene rings is 2. The molecular weight excluding hydrogens is 329 g/mol. The van der Waals surface area contributed by atoms with Gasteiger partial charge in [-0.05, 0) is 54.6 Å². The minimum Gasteiger partial charge on any atom is -0.306 e. The zero-order valence-electron chi connectivity index (χ0n) is 12.1. The number of nitrogens with one attached hydrogen (secondary N) is 1. The second-order valence-corrected chi connectivity index (χ2v) is 6.45. The molecule has 0 fully saturated rings. The Morgan fingerprint density at radius 3 is 2.71 bits per heavy atom. The molecule has 1 aliphatic carbocycles. The number of fused-ring (bicyclic) bond motifs is 1. The van der Waals surface area contributed by atoms with Crippen LogP contribution in [0.25, 0.3) is 0 Å². The van der Waals surface area contributed by atoms with Crippen molar-refractivity contribution in [2.24, 2.45) is 0 Å². The van der Waals surface area contributed by atoms with Crippen LogP contribution in [0, 0.1) is 5.82 Å². The summed E-state index contributed by atoms with van der Waals surface area (Å²) < 4.78 is 15.1. The van der Waals surface area contributed by atoms with E-state index in [0.717, 1.165) is 23.0 Å². The van der Waals surface area contributed by atoms with Crippen LogP contribution in [0.3, 0.4) is 0 Å². The van der Waals surface area contributed by atoms with E-state index in [9.17, 15) is 4.39 Å². The lowest BCUT2D eigenvalue weighted by atomic mass is 9.95. The molecule has 0 saturated heterocycles. The van der Waals surface area contributed by atoms with Crippen molar-refractivity contribution in [2.45, 2.75) is 32.2 Å². The Morgan fingerprint density at radius 1 is 1.14 bits per heavy atom. The third-order valence-corrected chi connectivity index (χ3v) is 4.63. The predicted molar refractivity (Wildman–Crippen MR) is 88.1 cm³/mol. The van der Waals surface area contributed by atoms with Crippen molar-refractivity contribution in [3.8, 4) is 0 Å². The van der Waals surface area contributed by atoms with Gasteiger partial charge in [0.05, 0.1) is 6.04 Å². The maximum absolute atomic E-state index is 14.3. The second kappa shape index (κ2) is 6.29. The molecule has 2 aromatic carbocycles. The van der Waals surface area contributed by atoms with Gasteiger partial charge in [-0.25, -0.2) is 4.39 Å². The van der Waals surface area contributed by atoms with E-state index < -0.39 is 0 Å². The van der Waals surface area contributed by atoms with Crippen LogP contribution in [0.15, 0.2) is 40.9 Å². The van der Waals surface area contributed by atoms with Crippen LogP contribution in [0.4, 0.5) is 4.39 Å². The van der Waals surface area contributed by atoms with Crippen molar-refractivity contribution < 1.29 is 4.39 Å². The van der Waals surface area contributed by atoms with Gasteiger partial charge >= 0.3 is 0 Å². The van der Waals surface area contributed by atoms with Crippen molar-refractivity contribution in [1.82, 2.24) is 5.32 Å². The van der Waals surface area contributed by atoms with Gasteiger partial charge in [-0.15, -0.1) is 0 Å². The Kier molecular flexibility index (Phi) is 4.41. The molecule has 1 N–H and O–H groups in total. The highest BCUT2D eigenvalue weighted by Gasteiger charge is 2.19. The van der Waals surface area contributed by atoms with E-state index in [4.69, 9.17) is 0 Å². The molecule has 0 spiro atoms. The maximum Gasteiger partial charge on any atom is 0.129 e. The molecule has 0 radical (unpaired) electrons. The molecule has 3 heteroatoms. The molecule has 0 saturated carbocycles. The van der Waals surface area contributed by atoms with Crippen molar-refractivity contribution in [1.29, 1.82) is 0 Å². The first-order valence-electron chi connectivity index (χ1n) is 7.49. The van der Waals surface area contributed by atoms with E-state index in [-0.39, 0.29) is 11.9 Å². The van der Waals surface area contributed by atoms with Crippen molar-refractivity contribution in [3.05, 3.63) is 68.9 Å². The van der Waals surface area contributed by atoms with Gasteiger partial charge in [0.2, 0.25) is 0 Å². The zero-order valence-corrected chi connectivity index (χ0v) is 13.7. The lowest BCUT2D eigenvalue weighted by molar-refractivity contribution is 0.558. The first-order chi connectivity index (χ1) is 10.2. The highest BCUT2D eigenvalue weighted by molar-refractivity contribution is 9.10. The zero-order chi connectivity index (χ0) is 14.8. The molecular formula is C18H19BrFN. The summed E-state index contributed by atoms with van der Waals surface area (Å²) in [4.78, 5) is 0. The van der Waals surface area contributed by atoms with E-state index in [0.29, 0.717) is 5.56 Å². The van der Waals surface area contributed by atoms with Gasteiger partial charge in [0, 0.05) is 10.0 Å². The van der Waals surface area contributed by atoms with Crippen LogP contribution in [0.5, 0.6) is 0 Å². The summed E-state index contributed by atoms with van der Waals surface area (Å²) in [5.74, 6) is -0.171. The molecule has 0 aliphatic heterocycles. The van der Waals surface area contributed by atoms with E-state index in [1.54, 1.807) is 0 Å². The number of aryl methyl sites for hydroxylation is 2. The maximum atomic E-state index is 14.3. The summed E-state index contributed by atoms with van der Waals surface area (Å²) in [7, 11) is 0. The third kappa shape index (κ3) is 3.04. The molecule has 3 rings (SSSR count). The van der Waals surface area contributed by atoms with Gasteiger partial charge < -0.3 is 5.32 Å². The highest BCUT2D eigenvalue weighted by atomic mass is 79.9. The topological polar surface area (TPSA) is 12.0 Å². The number of hydrogen-bond acceptors (Lipinski definition) is 1. The quantitative estimate of drug-likeness (QED) is 0.839. The van der Waals surface area contributed by atoms with Crippen molar-refractivity contribution in [3.63, 3.8) is 0 Å².